The number of nitrogens with zero attached hydrogens (tertiary/aromatic N) is 3. The molecule has 1 aromatic heterocycles. The molecule has 0 aliphatic rings. The summed E-state index contributed by atoms with van der Waals surface area (Å²) in [5.41, 5.74) is 0.818. The van der Waals surface area contributed by atoms with Gasteiger partial charge in [0, 0.05) is 20.2 Å². The number of nitrogens with one attached hydrogen (secondary N) is 2. The smallest absolute Gasteiger partial charge is 0.359 e. The molecule has 1 rings (SSSR count). The summed E-state index contributed by atoms with van der Waals surface area (Å²) in [6.45, 7) is 2.65. The Morgan fingerprint density at radius 1 is 1.42 bits per heavy atom. The highest BCUT2D eigenvalue weighted by atomic mass is 19.4. The van der Waals surface area contributed by atoms with E-state index in [-0.39, 0.29) is 25.0 Å². The van der Waals surface area contributed by atoms with Crippen molar-refractivity contribution in [2.75, 3.05) is 27.2 Å². The van der Waals surface area contributed by atoms with Gasteiger partial charge in [-0.25, -0.2) is 0 Å². The molecule has 10 heteroatoms. The number of likely N-dealkylation sites (N-methyl/N-ethyl adjacent to an activating group) is 1. The van der Waals surface area contributed by atoms with Crippen LogP contribution in [0.25, 0.3) is 0 Å². The van der Waals surface area contributed by atoms with Crippen molar-refractivity contribution >= 4 is 11.9 Å². The Bertz CT molecular complexity index is 569. The molecule has 1 heterocycles. The van der Waals surface area contributed by atoms with Gasteiger partial charge in [0.15, 0.2) is 11.7 Å². The molecule has 1 amide bonds. The predicted octanol–water partition coefficient (Wildman–Crippen LogP) is 1.48. The quantitative estimate of drug-likeness (QED) is 0.601. The third kappa shape index (κ3) is 6.88. The first kappa shape index (κ1) is 19.8. The Kier molecular flexibility index (Phi) is 7.05. The fourth-order valence-electron chi connectivity index (χ4n) is 1.73. The van der Waals surface area contributed by atoms with E-state index in [1.54, 1.807) is 6.07 Å². The molecule has 0 aromatic carbocycles. The van der Waals surface area contributed by atoms with Gasteiger partial charge in [-0.05, 0) is 5.92 Å². The third-order valence-electron chi connectivity index (χ3n) is 3.07. The number of amides is 1. The molecule has 0 saturated heterocycles. The average molecular weight is 349 g/mol. The normalized spacial score (nSPS) is 12.4. The first-order valence-corrected chi connectivity index (χ1v) is 7.33. The van der Waals surface area contributed by atoms with Crippen LogP contribution in [-0.4, -0.2) is 55.3 Å². The van der Waals surface area contributed by atoms with Gasteiger partial charge < -0.3 is 20.1 Å². The lowest BCUT2D eigenvalue weighted by molar-refractivity contribution is -0.157. The predicted molar refractivity (Wildman–Crippen MR) is 82.5 cm³/mol. The highest BCUT2D eigenvalue weighted by Gasteiger charge is 2.31. The summed E-state index contributed by atoms with van der Waals surface area (Å²) in [7, 11) is 2.58. The second-order valence-corrected chi connectivity index (χ2v) is 5.52. The Balaban J connectivity index is 2.43. The molecule has 0 aliphatic carbocycles. The van der Waals surface area contributed by atoms with Crippen molar-refractivity contribution in [3.63, 3.8) is 0 Å². The van der Waals surface area contributed by atoms with Gasteiger partial charge in [0.2, 0.25) is 5.91 Å². The monoisotopic (exact) mass is 349 g/mol. The standard InChI is InChI=1S/C14H22F3N5O2/c1-9(2)11-5-10(24-21-11)6-19-13(18-3)20-7-12(23)22(4)8-14(15,16)17/h5,9H,6-8H2,1-4H3,(H2,18,19,20). The van der Waals surface area contributed by atoms with E-state index >= 15 is 0 Å². The molecule has 136 valence electrons. The Hall–Kier alpha value is -2.26. The van der Waals surface area contributed by atoms with Gasteiger partial charge >= 0.3 is 6.18 Å². The van der Waals surface area contributed by atoms with Gasteiger partial charge in [0.25, 0.3) is 0 Å². The first-order chi connectivity index (χ1) is 11.1. The summed E-state index contributed by atoms with van der Waals surface area (Å²) in [6.07, 6.45) is -4.43. The van der Waals surface area contributed by atoms with E-state index in [2.05, 4.69) is 20.8 Å². The number of guanidine groups is 1. The molecule has 2 N–H and O–H groups in total. The first-order valence-electron chi connectivity index (χ1n) is 7.33. The summed E-state index contributed by atoms with van der Waals surface area (Å²) < 4.78 is 41.8. The summed E-state index contributed by atoms with van der Waals surface area (Å²) in [5.74, 6) is 0.396. The maximum Gasteiger partial charge on any atom is 0.406 e. The topological polar surface area (TPSA) is 82.8 Å². The van der Waals surface area contributed by atoms with Crippen molar-refractivity contribution in [3.8, 4) is 0 Å². The van der Waals surface area contributed by atoms with E-state index < -0.39 is 18.6 Å². The molecule has 1 aromatic rings. The van der Waals surface area contributed by atoms with Crippen molar-refractivity contribution in [2.45, 2.75) is 32.5 Å². The van der Waals surface area contributed by atoms with Crippen LogP contribution in [0.3, 0.4) is 0 Å². The summed E-state index contributed by atoms with van der Waals surface area (Å²) in [6, 6.07) is 1.80. The molecular weight excluding hydrogens is 327 g/mol. The number of aliphatic imine (C=N–C) groups is 1. The van der Waals surface area contributed by atoms with E-state index in [0.717, 1.165) is 12.7 Å². The molecule has 0 bridgehead atoms. The van der Waals surface area contributed by atoms with Gasteiger partial charge in [-0.15, -0.1) is 0 Å². The number of hydrogen-bond acceptors (Lipinski definition) is 4. The van der Waals surface area contributed by atoms with E-state index in [1.807, 2.05) is 13.8 Å². The minimum Gasteiger partial charge on any atom is -0.359 e. The van der Waals surface area contributed by atoms with E-state index in [4.69, 9.17) is 4.52 Å². The molecule has 0 radical (unpaired) electrons. The Morgan fingerprint density at radius 2 is 2.08 bits per heavy atom. The highest BCUT2D eigenvalue weighted by molar-refractivity contribution is 5.86. The Labute approximate surface area is 138 Å². The van der Waals surface area contributed by atoms with Crippen molar-refractivity contribution in [2.24, 2.45) is 4.99 Å². The molecule has 0 atom stereocenters. The lowest BCUT2D eigenvalue weighted by Crippen LogP contribution is -2.45. The van der Waals surface area contributed by atoms with Crippen LogP contribution >= 0.6 is 0 Å². The third-order valence-corrected chi connectivity index (χ3v) is 3.07. The van der Waals surface area contributed by atoms with Gasteiger partial charge in [0.05, 0.1) is 18.8 Å². The van der Waals surface area contributed by atoms with Crippen LogP contribution in [-0.2, 0) is 11.3 Å². The largest absolute Gasteiger partial charge is 0.406 e. The lowest BCUT2D eigenvalue weighted by atomic mass is 10.1. The zero-order chi connectivity index (χ0) is 18.3. The number of rotatable bonds is 6. The maximum absolute atomic E-state index is 12.2. The van der Waals surface area contributed by atoms with Crippen molar-refractivity contribution in [3.05, 3.63) is 17.5 Å². The highest BCUT2D eigenvalue weighted by Crippen LogP contribution is 2.15. The van der Waals surface area contributed by atoms with Crippen LogP contribution < -0.4 is 10.6 Å². The second kappa shape index (κ2) is 8.55. The number of alkyl halides is 3. The zero-order valence-electron chi connectivity index (χ0n) is 14.1. The maximum atomic E-state index is 12.2. The second-order valence-electron chi connectivity index (χ2n) is 5.52. The van der Waals surface area contributed by atoms with Crippen LogP contribution in [0.4, 0.5) is 13.2 Å². The summed E-state index contributed by atoms with van der Waals surface area (Å²) >= 11 is 0. The average Bonchev–Trinajstić information content (AvgIpc) is 2.94. The Morgan fingerprint density at radius 3 is 2.58 bits per heavy atom. The molecule has 0 unspecified atom stereocenters. The van der Waals surface area contributed by atoms with Gasteiger partial charge in [-0.2, -0.15) is 13.2 Å². The zero-order valence-corrected chi connectivity index (χ0v) is 14.1. The number of carbonyl (C=O) groups excluding carboxylic acids is 1. The van der Waals surface area contributed by atoms with E-state index in [1.165, 1.54) is 7.05 Å². The number of hydrogen-bond donors (Lipinski definition) is 2. The number of halogens is 3. The number of carbonyl (C=O) groups is 1. The number of aromatic nitrogens is 1. The summed E-state index contributed by atoms with van der Waals surface area (Å²) in [4.78, 5) is 16.1. The van der Waals surface area contributed by atoms with Gasteiger partial charge in [0.1, 0.15) is 6.54 Å². The minimum absolute atomic E-state index is 0.238. The van der Waals surface area contributed by atoms with E-state index in [0.29, 0.717) is 10.7 Å². The van der Waals surface area contributed by atoms with Gasteiger partial charge in [-0.3, -0.25) is 9.79 Å². The molecule has 0 saturated carbocycles. The van der Waals surface area contributed by atoms with Crippen molar-refractivity contribution in [1.82, 2.24) is 20.7 Å². The minimum atomic E-state index is -4.43. The van der Waals surface area contributed by atoms with Crippen molar-refractivity contribution < 1.29 is 22.5 Å². The molecule has 0 spiro atoms. The SMILES string of the molecule is CN=C(NCC(=O)N(C)CC(F)(F)F)NCc1cc(C(C)C)no1. The van der Waals surface area contributed by atoms with E-state index in [9.17, 15) is 18.0 Å². The molecule has 0 fully saturated rings. The molecule has 0 aliphatic heterocycles. The fraction of sp³-hybridized carbons (Fsp3) is 0.643. The van der Waals surface area contributed by atoms with Crippen LogP contribution in [0.5, 0.6) is 0 Å². The lowest BCUT2D eigenvalue weighted by Gasteiger charge is -2.19. The van der Waals surface area contributed by atoms with Crippen LogP contribution in [0.1, 0.15) is 31.2 Å². The van der Waals surface area contributed by atoms with Crippen LogP contribution in [0.15, 0.2) is 15.6 Å². The molecular formula is C14H22F3N5O2. The van der Waals surface area contributed by atoms with Crippen molar-refractivity contribution in [1.29, 1.82) is 0 Å². The van der Waals surface area contributed by atoms with Gasteiger partial charge in [-0.1, -0.05) is 19.0 Å². The fourth-order valence-corrected chi connectivity index (χ4v) is 1.73. The van der Waals surface area contributed by atoms with Crippen LogP contribution in [0, 0.1) is 0 Å². The molecule has 24 heavy (non-hydrogen) atoms. The molecule has 7 nitrogen and oxygen atoms in total. The summed E-state index contributed by atoms with van der Waals surface area (Å²) in [5, 5.41) is 9.45. The van der Waals surface area contributed by atoms with Crippen LogP contribution in [0.2, 0.25) is 0 Å².